The molecule has 1 aromatic carbocycles. The lowest BCUT2D eigenvalue weighted by Crippen LogP contribution is -2.25. The molecule has 0 atom stereocenters. The Hall–Kier alpha value is -1.72. The molecule has 3 nitrogen and oxygen atoms in total. The number of rotatable bonds is 4. The third-order valence-electron chi connectivity index (χ3n) is 2.63. The van der Waals surface area contributed by atoms with Crippen LogP contribution in [0.3, 0.4) is 0 Å². The summed E-state index contributed by atoms with van der Waals surface area (Å²) < 4.78 is 43.0. The smallest absolute Gasteiger partial charge is 0.416 e. The van der Waals surface area contributed by atoms with Gasteiger partial charge in [-0.15, -0.1) is 0 Å². The van der Waals surface area contributed by atoms with Gasteiger partial charge < -0.3 is 10.1 Å². The predicted octanol–water partition coefficient (Wildman–Crippen LogP) is 4.16. The van der Waals surface area contributed by atoms with Crippen LogP contribution >= 0.6 is 0 Å². The van der Waals surface area contributed by atoms with Crippen molar-refractivity contribution in [2.75, 3.05) is 11.9 Å². The van der Waals surface area contributed by atoms with Gasteiger partial charge in [0.25, 0.3) is 0 Å². The van der Waals surface area contributed by atoms with E-state index in [0.29, 0.717) is 11.3 Å². The van der Waals surface area contributed by atoms with Crippen LogP contribution in [0, 0.1) is 6.92 Å². The molecule has 21 heavy (non-hydrogen) atoms. The number of carbonyl (C=O) groups is 1. The van der Waals surface area contributed by atoms with Crippen LogP contribution in [0.15, 0.2) is 18.2 Å². The zero-order valence-corrected chi connectivity index (χ0v) is 12.6. The van der Waals surface area contributed by atoms with E-state index in [1.54, 1.807) is 27.7 Å². The number of benzene rings is 1. The van der Waals surface area contributed by atoms with Crippen molar-refractivity contribution in [2.24, 2.45) is 0 Å². The molecular weight excluding hydrogens is 283 g/mol. The van der Waals surface area contributed by atoms with E-state index in [-0.39, 0.29) is 18.9 Å². The molecule has 0 radical (unpaired) electrons. The Morgan fingerprint density at radius 3 is 2.38 bits per heavy atom. The summed E-state index contributed by atoms with van der Waals surface area (Å²) in [5, 5.41) is 2.84. The van der Waals surface area contributed by atoms with Crippen LogP contribution in [-0.2, 0) is 15.7 Å². The zero-order chi connectivity index (χ0) is 16.3. The molecule has 0 aliphatic carbocycles. The zero-order valence-electron chi connectivity index (χ0n) is 12.6. The maximum Gasteiger partial charge on any atom is 0.416 e. The summed E-state index contributed by atoms with van der Waals surface area (Å²) in [5.41, 5.74) is -0.225. The Balaban J connectivity index is 2.62. The largest absolute Gasteiger partial charge is 0.460 e. The minimum Gasteiger partial charge on any atom is -0.460 e. The molecule has 1 aromatic rings. The number of carbonyl (C=O) groups excluding carboxylic acids is 1. The average Bonchev–Trinajstić information content (AvgIpc) is 2.27. The molecular formula is C15H20F3NO2. The Bertz CT molecular complexity index is 505. The van der Waals surface area contributed by atoms with Crippen LogP contribution in [0.2, 0.25) is 0 Å². The highest BCUT2D eigenvalue weighted by atomic mass is 19.4. The van der Waals surface area contributed by atoms with Gasteiger partial charge in [-0.25, -0.2) is 0 Å². The lowest BCUT2D eigenvalue weighted by Gasteiger charge is -2.19. The van der Waals surface area contributed by atoms with Gasteiger partial charge in [0, 0.05) is 12.2 Å². The minimum atomic E-state index is -4.38. The number of anilines is 1. The highest BCUT2D eigenvalue weighted by Gasteiger charge is 2.30. The van der Waals surface area contributed by atoms with E-state index in [2.05, 4.69) is 5.32 Å². The second-order valence-electron chi connectivity index (χ2n) is 5.79. The average molecular weight is 303 g/mol. The van der Waals surface area contributed by atoms with Crippen molar-refractivity contribution in [1.82, 2.24) is 0 Å². The second kappa shape index (κ2) is 6.37. The van der Waals surface area contributed by atoms with Crippen LogP contribution < -0.4 is 5.32 Å². The van der Waals surface area contributed by atoms with Crippen molar-refractivity contribution < 1.29 is 22.7 Å². The molecule has 118 valence electrons. The van der Waals surface area contributed by atoms with Gasteiger partial charge in [-0.2, -0.15) is 13.2 Å². The Kier molecular flexibility index (Phi) is 5.25. The SMILES string of the molecule is Cc1ccc(C(F)(F)F)cc1NCCC(=O)OC(C)(C)C. The number of hydrogen-bond donors (Lipinski definition) is 1. The van der Waals surface area contributed by atoms with Crippen molar-refractivity contribution in [3.05, 3.63) is 29.3 Å². The molecule has 1 rings (SSSR count). The molecule has 0 unspecified atom stereocenters. The van der Waals surface area contributed by atoms with Crippen LogP contribution in [-0.4, -0.2) is 18.1 Å². The Morgan fingerprint density at radius 1 is 1.24 bits per heavy atom. The van der Waals surface area contributed by atoms with E-state index in [0.717, 1.165) is 12.1 Å². The molecule has 0 saturated heterocycles. The normalized spacial score (nSPS) is 12.1. The van der Waals surface area contributed by atoms with E-state index in [1.165, 1.54) is 6.07 Å². The Morgan fingerprint density at radius 2 is 1.86 bits per heavy atom. The summed E-state index contributed by atoms with van der Waals surface area (Å²) in [5.74, 6) is -0.389. The third kappa shape index (κ3) is 6.06. The first-order valence-corrected chi connectivity index (χ1v) is 6.62. The molecule has 0 spiro atoms. The highest BCUT2D eigenvalue weighted by molar-refractivity contribution is 5.70. The monoisotopic (exact) mass is 303 g/mol. The second-order valence-corrected chi connectivity index (χ2v) is 5.79. The number of halogens is 3. The number of ether oxygens (including phenoxy) is 1. The molecule has 0 aliphatic heterocycles. The molecule has 0 bridgehead atoms. The van der Waals surface area contributed by atoms with Gasteiger partial charge in [-0.3, -0.25) is 4.79 Å². The van der Waals surface area contributed by atoms with Gasteiger partial charge in [-0.1, -0.05) is 6.07 Å². The first-order chi connectivity index (χ1) is 9.49. The van der Waals surface area contributed by atoms with E-state index in [4.69, 9.17) is 4.74 Å². The Labute approximate surface area is 122 Å². The quantitative estimate of drug-likeness (QED) is 0.849. The van der Waals surface area contributed by atoms with Crippen molar-refractivity contribution in [2.45, 2.75) is 45.9 Å². The van der Waals surface area contributed by atoms with Crippen LogP contribution in [0.4, 0.5) is 18.9 Å². The summed E-state index contributed by atoms with van der Waals surface area (Å²) in [4.78, 5) is 11.5. The van der Waals surface area contributed by atoms with E-state index in [1.807, 2.05) is 0 Å². The van der Waals surface area contributed by atoms with E-state index < -0.39 is 17.3 Å². The van der Waals surface area contributed by atoms with Gasteiger partial charge in [0.15, 0.2) is 0 Å². The van der Waals surface area contributed by atoms with E-state index in [9.17, 15) is 18.0 Å². The van der Waals surface area contributed by atoms with E-state index >= 15 is 0 Å². The molecule has 6 heteroatoms. The molecule has 0 amide bonds. The number of nitrogens with one attached hydrogen (secondary N) is 1. The van der Waals surface area contributed by atoms with Crippen LogP contribution in [0.25, 0.3) is 0 Å². The first-order valence-electron chi connectivity index (χ1n) is 6.62. The fourth-order valence-corrected chi connectivity index (χ4v) is 1.68. The lowest BCUT2D eigenvalue weighted by molar-refractivity contribution is -0.154. The summed E-state index contributed by atoms with van der Waals surface area (Å²) in [7, 11) is 0. The molecule has 0 fully saturated rings. The predicted molar refractivity (Wildman–Crippen MR) is 75.1 cm³/mol. The molecule has 0 saturated carbocycles. The van der Waals surface area contributed by atoms with Gasteiger partial charge in [0.1, 0.15) is 5.60 Å². The minimum absolute atomic E-state index is 0.0902. The number of esters is 1. The van der Waals surface area contributed by atoms with Crippen molar-refractivity contribution in [3.8, 4) is 0 Å². The van der Waals surface area contributed by atoms with Crippen molar-refractivity contribution in [1.29, 1.82) is 0 Å². The van der Waals surface area contributed by atoms with Gasteiger partial charge in [0.2, 0.25) is 0 Å². The lowest BCUT2D eigenvalue weighted by atomic mass is 10.1. The standard InChI is InChI=1S/C15H20F3NO2/c1-10-5-6-11(15(16,17)18)9-12(10)19-8-7-13(20)21-14(2,3)4/h5-6,9,19H,7-8H2,1-4H3. The summed E-state index contributed by atoms with van der Waals surface area (Å²) >= 11 is 0. The fraction of sp³-hybridized carbons (Fsp3) is 0.533. The first kappa shape index (κ1) is 17.3. The number of aryl methyl sites for hydroxylation is 1. The molecule has 0 aliphatic rings. The van der Waals surface area contributed by atoms with Crippen LogP contribution in [0.5, 0.6) is 0 Å². The van der Waals surface area contributed by atoms with Crippen molar-refractivity contribution >= 4 is 11.7 Å². The summed E-state index contributed by atoms with van der Waals surface area (Å²) in [6.07, 6.45) is -4.29. The maximum atomic E-state index is 12.6. The highest BCUT2D eigenvalue weighted by Crippen LogP contribution is 2.32. The van der Waals surface area contributed by atoms with Crippen LogP contribution in [0.1, 0.15) is 38.3 Å². The van der Waals surface area contributed by atoms with Gasteiger partial charge in [0.05, 0.1) is 12.0 Å². The fourth-order valence-electron chi connectivity index (χ4n) is 1.68. The third-order valence-corrected chi connectivity index (χ3v) is 2.63. The topological polar surface area (TPSA) is 38.3 Å². The molecule has 1 N–H and O–H groups in total. The van der Waals surface area contributed by atoms with Crippen molar-refractivity contribution in [3.63, 3.8) is 0 Å². The molecule has 0 heterocycles. The molecule has 0 aromatic heterocycles. The number of hydrogen-bond acceptors (Lipinski definition) is 3. The maximum absolute atomic E-state index is 12.6. The number of alkyl halides is 3. The summed E-state index contributed by atoms with van der Waals surface area (Å²) in [6.45, 7) is 7.20. The van der Waals surface area contributed by atoms with Gasteiger partial charge >= 0.3 is 12.1 Å². The summed E-state index contributed by atoms with van der Waals surface area (Å²) in [6, 6.07) is 3.48. The van der Waals surface area contributed by atoms with Gasteiger partial charge in [-0.05, 0) is 45.4 Å².